The van der Waals surface area contributed by atoms with Crippen molar-refractivity contribution in [2.75, 3.05) is 19.6 Å². The Balaban J connectivity index is 1.52. The maximum Gasteiger partial charge on any atom is 0.220 e. The average molecular weight is 309 g/mol. The van der Waals surface area contributed by atoms with Crippen molar-refractivity contribution in [3.8, 4) is 0 Å². The van der Waals surface area contributed by atoms with E-state index in [9.17, 15) is 4.79 Å². The topological polar surface area (TPSA) is 32.3 Å². The van der Waals surface area contributed by atoms with Crippen LogP contribution in [0.15, 0.2) is 0 Å². The highest BCUT2D eigenvalue weighted by molar-refractivity contribution is 5.76. The summed E-state index contributed by atoms with van der Waals surface area (Å²) < 4.78 is 0. The zero-order valence-electron chi connectivity index (χ0n) is 14.6. The van der Waals surface area contributed by atoms with E-state index in [4.69, 9.17) is 0 Å². The van der Waals surface area contributed by atoms with Gasteiger partial charge in [0.2, 0.25) is 5.91 Å². The number of hydrogen-bond donors (Lipinski definition) is 1. The van der Waals surface area contributed by atoms with Gasteiger partial charge in [-0.3, -0.25) is 4.79 Å². The molecule has 22 heavy (non-hydrogen) atoms. The van der Waals surface area contributed by atoms with Crippen LogP contribution in [0.25, 0.3) is 0 Å². The van der Waals surface area contributed by atoms with Gasteiger partial charge < -0.3 is 10.2 Å². The fourth-order valence-corrected chi connectivity index (χ4v) is 4.01. The minimum absolute atomic E-state index is 0.294. The highest BCUT2D eigenvalue weighted by Crippen LogP contribution is 2.27. The molecule has 3 nitrogen and oxygen atoms in total. The van der Waals surface area contributed by atoms with Crippen molar-refractivity contribution in [2.45, 2.75) is 90.0 Å². The van der Waals surface area contributed by atoms with Gasteiger partial charge in [-0.25, -0.2) is 0 Å². The summed E-state index contributed by atoms with van der Waals surface area (Å²) in [5.74, 6) is 1.20. The number of nitrogens with one attached hydrogen (secondary N) is 1. The average Bonchev–Trinajstić information content (AvgIpc) is 2.55. The van der Waals surface area contributed by atoms with Gasteiger partial charge in [0.05, 0.1) is 0 Å². The predicted molar refractivity (Wildman–Crippen MR) is 92.9 cm³/mol. The number of hydrogen-bond acceptors (Lipinski definition) is 2. The number of nitrogens with zero attached hydrogens (tertiary/aromatic N) is 1. The van der Waals surface area contributed by atoms with Gasteiger partial charge in [-0.2, -0.15) is 0 Å². The first-order chi connectivity index (χ1) is 10.8. The first-order valence-electron chi connectivity index (χ1n) is 9.79. The molecule has 2 fully saturated rings. The van der Waals surface area contributed by atoms with Crippen LogP contribution in [0.1, 0.15) is 84.0 Å². The molecular weight excluding hydrogens is 272 g/mol. The fourth-order valence-electron chi connectivity index (χ4n) is 4.01. The summed E-state index contributed by atoms with van der Waals surface area (Å²) in [5, 5.41) is 3.27. The molecular formula is C19H36N2O. The van der Waals surface area contributed by atoms with E-state index in [0.717, 1.165) is 44.7 Å². The molecule has 0 aromatic rings. The molecule has 2 aliphatic rings. The largest absolute Gasteiger partial charge is 0.353 e. The molecule has 0 aromatic heterocycles. The maximum atomic E-state index is 12.1. The van der Waals surface area contributed by atoms with Crippen molar-refractivity contribution < 1.29 is 4.79 Å². The number of rotatable bonds is 8. The van der Waals surface area contributed by atoms with E-state index in [1.807, 2.05) is 0 Å². The molecule has 3 heteroatoms. The Bertz CT molecular complexity index is 305. The summed E-state index contributed by atoms with van der Waals surface area (Å²) in [7, 11) is 0. The number of amides is 1. The molecule has 0 atom stereocenters. The molecule has 1 saturated carbocycles. The zero-order valence-corrected chi connectivity index (χ0v) is 14.6. The van der Waals surface area contributed by atoms with E-state index in [2.05, 4.69) is 17.1 Å². The van der Waals surface area contributed by atoms with Crippen LogP contribution in [0.5, 0.6) is 0 Å². The monoisotopic (exact) mass is 308 g/mol. The normalized spacial score (nSPS) is 21.9. The lowest BCUT2D eigenvalue weighted by atomic mass is 9.86. The van der Waals surface area contributed by atoms with E-state index < -0.39 is 0 Å². The molecule has 1 aliphatic heterocycles. The first kappa shape index (κ1) is 17.8. The van der Waals surface area contributed by atoms with Crippen molar-refractivity contribution in [1.82, 2.24) is 10.2 Å². The van der Waals surface area contributed by atoms with Gasteiger partial charge in [0.15, 0.2) is 0 Å². The lowest BCUT2D eigenvalue weighted by Crippen LogP contribution is -2.44. The van der Waals surface area contributed by atoms with Gasteiger partial charge >= 0.3 is 0 Å². The number of piperidine rings is 1. The van der Waals surface area contributed by atoms with Gasteiger partial charge in [-0.15, -0.1) is 0 Å². The third-order valence-corrected chi connectivity index (χ3v) is 5.52. The Labute approximate surface area is 137 Å². The predicted octanol–water partition coefficient (Wildman–Crippen LogP) is 4.12. The van der Waals surface area contributed by atoms with Crippen molar-refractivity contribution in [2.24, 2.45) is 5.92 Å². The number of carbonyl (C=O) groups is 1. The summed E-state index contributed by atoms with van der Waals surface area (Å²) in [6, 6.07) is 0.431. The third-order valence-electron chi connectivity index (χ3n) is 5.52. The maximum absolute atomic E-state index is 12.1. The molecule has 0 aromatic carbocycles. The van der Waals surface area contributed by atoms with Crippen molar-refractivity contribution in [3.05, 3.63) is 0 Å². The minimum atomic E-state index is 0.294. The van der Waals surface area contributed by atoms with Gasteiger partial charge in [0.1, 0.15) is 0 Å². The molecule has 1 N–H and O–H groups in total. The SMILES string of the molecule is CCCCN1CCC(NC(=O)CCCC2CCCCC2)CC1. The van der Waals surface area contributed by atoms with E-state index in [0.29, 0.717) is 11.9 Å². The third kappa shape index (κ3) is 6.68. The van der Waals surface area contributed by atoms with Crippen LogP contribution in [0.2, 0.25) is 0 Å². The smallest absolute Gasteiger partial charge is 0.220 e. The van der Waals surface area contributed by atoms with E-state index in [1.165, 1.54) is 57.9 Å². The Morgan fingerprint density at radius 1 is 1.05 bits per heavy atom. The van der Waals surface area contributed by atoms with E-state index >= 15 is 0 Å². The fraction of sp³-hybridized carbons (Fsp3) is 0.947. The molecule has 1 saturated heterocycles. The molecule has 1 amide bonds. The molecule has 0 bridgehead atoms. The Hall–Kier alpha value is -0.570. The van der Waals surface area contributed by atoms with Crippen LogP contribution in [0, 0.1) is 5.92 Å². The van der Waals surface area contributed by atoms with Crippen molar-refractivity contribution >= 4 is 5.91 Å². The molecule has 0 radical (unpaired) electrons. The Morgan fingerprint density at radius 2 is 1.77 bits per heavy atom. The van der Waals surface area contributed by atoms with Gasteiger partial charge in [0.25, 0.3) is 0 Å². The van der Waals surface area contributed by atoms with E-state index in [-0.39, 0.29) is 0 Å². The minimum Gasteiger partial charge on any atom is -0.353 e. The standard InChI is InChI=1S/C19H36N2O/c1-2-3-14-21-15-12-18(13-16-21)20-19(22)11-7-10-17-8-5-4-6-9-17/h17-18H,2-16H2,1H3,(H,20,22). The lowest BCUT2D eigenvalue weighted by molar-refractivity contribution is -0.122. The second-order valence-electron chi connectivity index (χ2n) is 7.43. The van der Waals surface area contributed by atoms with Crippen molar-refractivity contribution in [3.63, 3.8) is 0 Å². The molecule has 2 rings (SSSR count). The Morgan fingerprint density at radius 3 is 2.45 bits per heavy atom. The molecule has 1 heterocycles. The number of likely N-dealkylation sites (tertiary alicyclic amines) is 1. The van der Waals surface area contributed by atoms with Crippen LogP contribution >= 0.6 is 0 Å². The van der Waals surface area contributed by atoms with Crippen LogP contribution < -0.4 is 5.32 Å². The summed E-state index contributed by atoms with van der Waals surface area (Å²) in [5.41, 5.74) is 0. The molecule has 1 aliphatic carbocycles. The van der Waals surface area contributed by atoms with E-state index in [1.54, 1.807) is 0 Å². The number of unbranched alkanes of at least 4 members (excludes halogenated alkanes) is 1. The summed E-state index contributed by atoms with van der Waals surface area (Å²) in [6.07, 6.45) is 15.0. The molecule has 128 valence electrons. The van der Waals surface area contributed by atoms with Crippen LogP contribution in [0.3, 0.4) is 0 Å². The van der Waals surface area contributed by atoms with Gasteiger partial charge in [-0.05, 0) is 44.6 Å². The summed E-state index contributed by atoms with van der Waals surface area (Å²) in [4.78, 5) is 14.6. The zero-order chi connectivity index (χ0) is 15.6. The highest BCUT2D eigenvalue weighted by Gasteiger charge is 2.20. The highest BCUT2D eigenvalue weighted by atomic mass is 16.1. The first-order valence-corrected chi connectivity index (χ1v) is 9.79. The second-order valence-corrected chi connectivity index (χ2v) is 7.43. The van der Waals surface area contributed by atoms with Gasteiger partial charge in [0, 0.05) is 25.6 Å². The second kappa shape index (κ2) is 10.3. The van der Waals surface area contributed by atoms with Crippen LogP contribution in [-0.4, -0.2) is 36.5 Å². The van der Waals surface area contributed by atoms with Crippen LogP contribution in [-0.2, 0) is 4.79 Å². The van der Waals surface area contributed by atoms with Gasteiger partial charge in [-0.1, -0.05) is 45.4 Å². The lowest BCUT2D eigenvalue weighted by Gasteiger charge is -2.32. The van der Waals surface area contributed by atoms with Crippen molar-refractivity contribution in [1.29, 1.82) is 0 Å². The quantitative estimate of drug-likeness (QED) is 0.731. The number of carbonyl (C=O) groups excluding carboxylic acids is 1. The summed E-state index contributed by atoms with van der Waals surface area (Å²) >= 11 is 0. The van der Waals surface area contributed by atoms with Crippen LogP contribution in [0.4, 0.5) is 0 Å². The summed E-state index contributed by atoms with van der Waals surface area (Å²) in [6.45, 7) is 5.80. The Kier molecular flexibility index (Phi) is 8.28. The molecule has 0 unspecified atom stereocenters. The molecule has 0 spiro atoms.